The molecule has 22 heavy (non-hydrogen) atoms. The Kier molecular flexibility index (Phi) is 4.96. The van der Waals surface area contributed by atoms with Crippen molar-refractivity contribution >= 4 is 11.8 Å². The Hall–Kier alpha value is -2.17. The van der Waals surface area contributed by atoms with Crippen molar-refractivity contribution in [1.82, 2.24) is 9.97 Å². The molecule has 1 heterocycles. The van der Waals surface area contributed by atoms with Gasteiger partial charge in [0.1, 0.15) is 11.6 Å². The summed E-state index contributed by atoms with van der Waals surface area (Å²) >= 11 is 0. The minimum atomic E-state index is -0.176. The molecule has 0 saturated carbocycles. The molecule has 1 aromatic heterocycles. The number of hydrogen-bond acceptors (Lipinski definition) is 4. The third-order valence-electron chi connectivity index (χ3n) is 2.99. The van der Waals surface area contributed by atoms with Gasteiger partial charge in [0.05, 0.1) is 0 Å². The van der Waals surface area contributed by atoms with Crippen LogP contribution in [0.15, 0.2) is 30.3 Å². The molecule has 0 aliphatic heterocycles. The van der Waals surface area contributed by atoms with E-state index in [-0.39, 0.29) is 11.4 Å². The average molecular weight is 302 g/mol. The van der Waals surface area contributed by atoms with Gasteiger partial charge in [0.25, 0.3) is 0 Å². The number of halogens is 1. The van der Waals surface area contributed by atoms with Gasteiger partial charge in [0.15, 0.2) is 0 Å². The molecule has 0 radical (unpaired) electrons. The van der Waals surface area contributed by atoms with Gasteiger partial charge in [0.2, 0.25) is 5.95 Å². The lowest BCUT2D eigenvalue weighted by molar-refractivity contribution is 0.610. The second kappa shape index (κ2) is 6.73. The molecule has 0 unspecified atom stereocenters. The summed E-state index contributed by atoms with van der Waals surface area (Å²) in [6, 6.07) is 8.71. The van der Waals surface area contributed by atoms with Crippen LogP contribution in [0.4, 0.5) is 16.2 Å². The van der Waals surface area contributed by atoms with Crippen LogP contribution in [-0.4, -0.2) is 22.1 Å². The van der Waals surface area contributed by atoms with Gasteiger partial charge in [0, 0.05) is 23.8 Å². The van der Waals surface area contributed by atoms with Crippen LogP contribution in [-0.2, 0) is 6.42 Å². The molecule has 2 aromatic rings. The number of aryl methyl sites for hydroxylation is 1. The number of nitrogens with zero attached hydrogens (tertiary/aromatic N) is 2. The van der Waals surface area contributed by atoms with Crippen molar-refractivity contribution in [3.8, 4) is 0 Å². The monoisotopic (exact) mass is 302 g/mol. The Morgan fingerprint density at radius 3 is 2.55 bits per heavy atom. The number of aromatic nitrogens is 2. The standard InChI is InChI=1S/C17H23FN4/c1-12-11-15(22-17(2,3)4)21-16(20-12)19-10-9-13-7-5-6-8-14(13)18/h5-8,11H,9-10H2,1-4H3,(H2,19,20,21,22). The van der Waals surface area contributed by atoms with Crippen molar-refractivity contribution in [3.05, 3.63) is 47.4 Å². The molecule has 2 N–H and O–H groups in total. The minimum absolute atomic E-state index is 0.0643. The van der Waals surface area contributed by atoms with Crippen LogP contribution < -0.4 is 10.6 Å². The summed E-state index contributed by atoms with van der Waals surface area (Å²) in [5, 5.41) is 6.49. The fourth-order valence-corrected chi connectivity index (χ4v) is 2.11. The van der Waals surface area contributed by atoms with Crippen LogP contribution in [0.25, 0.3) is 0 Å². The van der Waals surface area contributed by atoms with Gasteiger partial charge in [-0.1, -0.05) is 18.2 Å². The SMILES string of the molecule is Cc1cc(NC(C)(C)C)nc(NCCc2ccccc2F)n1. The van der Waals surface area contributed by atoms with E-state index >= 15 is 0 Å². The predicted octanol–water partition coefficient (Wildman–Crippen LogP) is 3.79. The van der Waals surface area contributed by atoms with Crippen molar-refractivity contribution in [1.29, 1.82) is 0 Å². The van der Waals surface area contributed by atoms with Crippen molar-refractivity contribution in [2.45, 2.75) is 39.7 Å². The van der Waals surface area contributed by atoms with Gasteiger partial charge in [-0.25, -0.2) is 9.37 Å². The molecule has 4 nitrogen and oxygen atoms in total. The van der Waals surface area contributed by atoms with Crippen molar-refractivity contribution < 1.29 is 4.39 Å². The van der Waals surface area contributed by atoms with E-state index in [2.05, 4.69) is 41.4 Å². The molecule has 0 fully saturated rings. The number of benzene rings is 1. The van der Waals surface area contributed by atoms with Crippen LogP contribution in [0.2, 0.25) is 0 Å². The Bertz CT molecular complexity index is 635. The summed E-state index contributed by atoms with van der Waals surface area (Å²) in [4.78, 5) is 8.81. The first-order valence-electron chi connectivity index (χ1n) is 7.45. The molecule has 0 aliphatic rings. The summed E-state index contributed by atoms with van der Waals surface area (Å²) in [6.07, 6.45) is 0.589. The van der Waals surface area contributed by atoms with Crippen molar-refractivity contribution in [2.24, 2.45) is 0 Å². The Labute approximate surface area is 131 Å². The van der Waals surface area contributed by atoms with Gasteiger partial charge in [-0.05, 0) is 45.7 Å². The van der Waals surface area contributed by atoms with E-state index in [0.717, 1.165) is 11.5 Å². The molecule has 2 rings (SSSR count). The molecule has 0 spiro atoms. The number of nitrogens with one attached hydrogen (secondary N) is 2. The Morgan fingerprint density at radius 1 is 1.14 bits per heavy atom. The molecule has 0 bridgehead atoms. The Balaban J connectivity index is 1.99. The predicted molar refractivity (Wildman–Crippen MR) is 88.7 cm³/mol. The highest BCUT2D eigenvalue weighted by Gasteiger charge is 2.11. The molecule has 0 amide bonds. The van der Waals surface area contributed by atoms with Crippen molar-refractivity contribution in [2.75, 3.05) is 17.2 Å². The fourth-order valence-electron chi connectivity index (χ4n) is 2.11. The zero-order valence-corrected chi connectivity index (χ0v) is 13.6. The maximum absolute atomic E-state index is 13.6. The number of anilines is 2. The largest absolute Gasteiger partial charge is 0.365 e. The summed E-state index contributed by atoms with van der Waals surface area (Å²) < 4.78 is 13.6. The van der Waals surface area contributed by atoms with Crippen LogP contribution in [0.5, 0.6) is 0 Å². The molecular weight excluding hydrogens is 279 g/mol. The van der Waals surface area contributed by atoms with E-state index in [1.807, 2.05) is 19.1 Å². The first-order valence-corrected chi connectivity index (χ1v) is 7.45. The lowest BCUT2D eigenvalue weighted by Gasteiger charge is -2.21. The van der Waals surface area contributed by atoms with Crippen LogP contribution in [0.3, 0.4) is 0 Å². The lowest BCUT2D eigenvalue weighted by atomic mass is 10.1. The highest BCUT2D eigenvalue weighted by molar-refractivity contribution is 5.43. The highest BCUT2D eigenvalue weighted by Crippen LogP contribution is 2.15. The molecule has 0 atom stereocenters. The number of hydrogen-bond donors (Lipinski definition) is 2. The first-order chi connectivity index (χ1) is 10.3. The van der Waals surface area contributed by atoms with Gasteiger partial charge in [-0.2, -0.15) is 4.98 Å². The quantitative estimate of drug-likeness (QED) is 0.882. The second-order valence-electron chi connectivity index (χ2n) is 6.36. The van der Waals surface area contributed by atoms with E-state index in [1.165, 1.54) is 6.07 Å². The molecule has 1 aromatic carbocycles. The minimum Gasteiger partial charge on any atom is -0.365 e. The molecule has 118 valence electrons. The van der Waals surface area contributed by atoms with Crippen LogP contribution in [0.1, 0.15) is 32.0 Å². The van der Waals surface area contributed by atoms with E-state index in [1.54, 1.807) is 12.1 Å². The third kappa shape index (κ3) is 4.98. The fraction of sp³-hybridized carbons (Fsp3) is 0.412. The van der Waals surface area contributed by atoms with E-state index in [9.17, 15) is 4.39 Å². The molecule has 5 heteroatoms. The molecule has 0 saturated heterocycles. The maximum Gasteiger partial charge on any atom is 0.224 e. The summed E-state index contributed by atoms with van der Waals surface area (Å²) in [5.74, 6) is 1.17. The van der Waals surface area contributed by atoms with Crippen LogP contribution >= 0.6 is 0 Å². The smallest absolute Gasteiger partial charge is 0.224 e. The highest BCUT2D eigenvalue weighted by atomic mass is 19.1. The van der Waals surface area contributed by atoms with Crippen LogP contribution in [0, 0.1) is 12.7 Å². The lowest BCUT2D eigenvalue weighted by Crippen LogP contribution is -2.27. The van der Waals surface area contributed by atoms with Gasteiger partial charge < -0.3 is 10.6 Å². The van der Waals surface area contributed by atoms with E-state index in [0.29, 0.717) is 24.5 Å². The maximum atomic E-state index is 13.6. The average Bonchev–Trinajstić information content (AvgIpc) is 2.38. The number of rotatable bonds is 5. The molecular formula is C17H23FN4. The van der Waals surface area contributed by atoms with E-state index < -0.39 is 0 Å². The second-order valence-corrected chi connectivity index (χ2v) is 6.36. The summed E-state index contributed by atoms with van der Waals surface area (Å²) in [6.45, 7) is 8.75. The Morgan fingerprint density at radius 2 is 1.86 bits per heavy atom. The van der Waals surface area contributed by atoms with Gasteiger partial charge in [-0.3, -0.25) is 0 Å². The topological polar surface area (TPSA) is 49.8 Å². The molecule has 0 aliphatic carbocycles. The third-order valence-corrected chi connectivity index (χ3v) is 2.99. The summed E-state index contributed by atoms with van der Waals surface area (Å²) in [7, 11) is 0. The normalized spacial score (nSPS) is 11.3. The zero-order chi connectivity index (χ0) is 16.2. The van der Waals surface area contributed by atoms with Crippen molar-refractivity contribution in [3.63, 3.8) is 0 Å². The first kappa shape index (κ1) is 16.2. The summed E-state index contributed by atoms with van der Waals surface area (Å²) in [5.41, 5.74) is 1.51. The zero-order valence-electron chi connectivity index (χ0n) is 13.6. The van der Waals surface area contributed by atoms with Gasteiger partial charge >= 0.3 is 0 Å². The van der Waals surface area contributed by atoms with E-state index in [4.69, 9.17) is 0 Å². The van der Waals surface area contributed by atoms with Gasteiger partial charge in [-0.15, -0.1) is 0 Å².